The monoisotopic (exact) mass is 518 g/mol. The summed E-state index contributed by atoms with van der Waals surface area (Å²) in [5, 5.41) is 4.98. The molecule has 0 spiro atoms. The number of nitrogens with zero attached hydrogens (tertiary/aromatic N) is 2. The van der Waals surface area contributed by atoms with E-state index in [4.69, 9.17) is 9.47 Å². The molecule has 0 aliphatic carbocycles. The minimum absolute atomic E-state index is 0.112. The zero-order valence-electron chi connectivity index (χ0n) is 19.6. The average molecular weight is 518 g/mol. The Morgan fingerprint density at radius 1 is 1.14 bits per heavy atom. The van der Waals surface area contributed by atoms with Gasteiger partial charge in [0.25, 0.3) is 11.8 Å². The van der Waals surface area contributed by atoms with Crippen molar-refractivity contribution in [2.45, 2.75) is 25.1 Å². The lowest BCUT2D eigenvalue weighted by atomic mass is 9.93. The Morgan fingerprint density at radius 3 is 2.62 bits per heavy atom. The van der Waals surface area contributed by atoms with Gasteiger partial charge in [0.05, 0.1) is 25.1 Å². The van der Waals surface area contributed by atoms with Gasteiger partial charge in [0.2, 0.25) is 5.88 Å². The molecule has 2 amide bonds. The maximum Gasteiger partial charge on any atom is 0.390 e. The molecule has 2 aromatic heterocycles. The van der Waals surface area contributed by atoms with Crippen LogP contribution < -0.4 is 20.1 Å². The van der Waals surface area contributed by atoms with Gasteiger partial charge in [-0.25, -0.2) is 9.37 Å². The van der Waals surface area contributed by atoms with Crippen molar-refractivity contribution in [3.63, 3.8) is 0 Å². The van der Waals surface area contributed by atoms with Gasteiger partial charge in [0.15, 0.2) is 5.82 Å². The summed E-state index contributed by atoms with van der Waals surface area (Å²) in [5.74, 6) is -1.35. The van der Waals surface area contributed by atoms with Gasteiger partial charge in [-0.2, -0.15) is 13.2 Å². The molecule has 0 unspecified atom stereocenters. The maximum atomic E-state index is 14.2. The normalized spacial score (nSPS) is 14.8. The first kappa shape index (κ1) is 25.9. The number of alkyl halides is 3. The molecule has 2 N–H and O–H groups in total. The molecule has 8 nitrogen and oxygen atoms in total. The summed E-state index contributed by atoms with van der Waals surface area (Å²) in [6.45, 7) is -0.374. The molecule has 0 saturated carbocycles. The number of methoxy groups -OCH3 is 1. The van der Waals surface area contributed by atoms with E-state index in [1.165, 1.54) is 37.7 Å². The number of benzene rings is 1. The number of carbonyl (C=O) groups is 2. The summed E-state index contributed by atoms with van der Waals surface area (Å²) in [4.78, 5) is 32.6. The second-order valence-corrected chi connectivity index (χ2v) is 8.24. The van der Waals surface area contributed by atoms with E-state index in [1.807, 2.05) is 0 Å². The standard InChI is InChI=1S/C25H22F4N4O4/c1-36-24-19(26)9-15(12-32-24)17-3-2-4-21-18(17)10-16(13-37-21)33-22(34)14-5-6-20(31-11-14)23(35)30-8-7-25(27,28)29/h2-6,9,11-12,16H,7-8,10,13H2,1H3,(H,30,35)(H,33,34)/t16-/m0/s1. The lowest BCUT2D eigenvalue weighted by molar-refractivity contribution is -0.133. The summed E-state index contributed by atoms with van der Waals surface area (Å²) in [7, 11) is 1.33. The van der Waals surface area contributed by atoms with Crippen LogP contribution in [0.4, 0.5) is 17.6 Å². The first-order chi connectivity index (χ1) is 17.6. The number of fused-ring (bicyclic) bond motifs is 1. The highest BCUT2D eigenvalue weighted by atomic mass is 19.4. The van der Waals surface area contributed by atoms with Gasteiger partial charge in [-0.15, -0.1) is 0 Å². The average Bonchev–Trinajstić information content (AvgIpc) is 2.87. The third kappa shape index (κ3) is 6.32. The van der Waals surface area contributed by atoms with Crippen molar-refractivity contribution in [3.05, 3.63) is 71.4 Å². The van der Waals surface area contributed by atoms with E-state index >= 15 is 0 Å². The van der Waals surface area contributed by atoms with Crippen LogP contribution in [0.25, 0.3) is 11.1 Å². The molecule has 1 aliphatic rings. The van der Waals surface area contributed by atoms with Crippen molar-refractivity contribution in [2.24, 2.45) is 0 Å². The lowest BCUT2D eigenvalue weighted by Crippen LogP contribution is -2.43. The molecule has 0 saturated heterocycles. The Labute approximate surface area is 209 Å². The van der Waals surface area contributed by atoms with E-state index in [0.717, 1.165) is 5.56 Å². The number of ether oxygens (including phenoxy) is 2. The van der Waals surface area contributed by atoms with Crippen LogP contribution in [-0.2, 0) is 6.42 Å². The van der Waals surface area contributed by atoms with Crippen LogP contribution in [0.2, 0.25) is 0 Å². The fourth-order valence-corrected chi connectivity index (χ4v) is 3.83. The van der Waals surface area contributed by atoms with Crippen molar-refractivity contribution in [1.29, 1.82) is 0 Å². The van der Waals surface area contributed by atoms with Gasteiger partial charge >= 0.3 is 6.18 Å². The highest BCUT2D eigenvalue weighted by molar-refractivity contribution is 5.96. The van der Waals surface area contributed by atoms with E-state index in [2.05, 4.69) is 20.6 Å². The minimum atomic E-state index is -4.38. The Morgan fingerprint density at radius 2 is 1.95 bits per heavy atom. The van der Waals surface area contributed by atoms with Crippen molar-refractivity contribution in [2.75, 3.05) is 20.3 Å². The van der Waals surface area contributed by atoms with Crippen LogP contribution in [-0.4, -0.2) is 54.3 Å². The Kier molecular flexibility index (Phi) is 7.55. The van der Waals surface area contributed by atoms with Crippen LogP contribution in [0.1, 0.15) is 32.8 Å². The van der Waals surface area contributed by atoms with Crippen molar-refractivity contribution in [1.82, 2.24) is 20.6 Å². The number of carbonyl (C=O) groups excluding carboxylic acids is 2. The molecule has 37 heavy (non-hydrogen) atoms. The Balaban J connectivity index is 1.41. The van der Waals surface area contributed by atoms with E-state index in [0.29, 0.717) is 23.3 Å². The largest absolute Gasteiger partial charge is 0.491 e. The summed E-state index contributed by atoms with van der Waals surface area (Å²) in [5.41, 5.74) is 2.05. The molecule has 3 aromatic rings. The molecule has 4 rings (SSSR count). The summed E-state index contributed by atoms with van der Waals surface area (Å²) in [6.07, 6.45) is -2.47. The number of halogens is 4. The summed E-state index contributed by atoms with van der Waals surface area (Å²) >= 11 is 0. The first-order valence-corrected chi connectivity index (χ1v) is 11.2. The third-order valence-electron chi connectivity index (χ3n) is 5.62. The lowest BCUT2D eigenvalue weighted by Gasteiger charge is -2.28. The number of aromatic nitrogens is 2. The fourth-order valence-electron chi connectivity index (χ4n) is 3.83. The molecule has 0 bridgehead atoms. The van der Waals surface area contributed by atoms with Gasteiger partial charge in [-0.3, -0.25) is 14.6 Å². The zero-order valence-corrected chi connectivity index (χ0v) is 19.6. The van der Waals surface area contributed by atoms with Crippen LogP contribution in [0.15, 0.2) is 48.8 Å². The van der Waals surface area contributed by atoms with Crippen molar-refractivity contribution < 1.29 is 36.6 Å². The van der Waals surface area contributed by atoms with E-state index < -0.39 is 42.8 Å². The predicted octanol–water partition coefficient (Wildman–Crippen LogP) is 3.71. The van der Waals surface area contributed by atoms with Gasteiger partial charge in [0.1, 0.15) is 18.1 Å². The highest BCUT2D eigenvalue weighted by Gasteiger charge is 2.27. The summed E-state index contributed by atoms with van der Waals surface area (Å²) < 4.78 is 61.6. The maximum absolute atomic E-state index is 14.2. The van der Waals surface area contributed by atoms with Gasteiger partial charge in [-0.05, 0) is 29.8 Å². The molecular formula is C25H22F4N4O4. The molecule has 1 atom stereocenters. The second-order valence-electron chi connectivity index (χ2n) is 8.24. The van der Waals surface area contributed by atoms with Crippen LogP contribution >= 0.6 is 0 Å². The highest BCUT2D eigenvalue weighted by Crippen LogP contribution is 2.35. The van der Waals surface area contributed by atoms with Crippen LogP contribution in [0, 0.1) is 5.82 Å². The third-order valence-corrected chi connectivity index (χ3v) is 5.62. The Hall–Kier alpha value is -4.22. The van der Waals surface area contributed by atoms with E-state index in [9.17, 15) is 27.2 Å². The molecule has 3 heterocycles. The van der Waals surface area contributed by atoms with Gasteiger partial charge < -0.3 is 20.1 Å². The first-order valence-electron chi connectivity index (χ1n) is 11.2. The number of hydrogen-bond donors (Lipinski definition) is 2. The second kappa shape index (κ2) is 10.8. The molecule has 1 aromatic carbocycles. The number of amides is 2. The zero-order chi connectivity index (χ0) is 26.6. The molecule has 0 radical (unpaired) electrons. The van der Waals surface area contributed by atoms with Crippen molar-refractivity contribution in [3.8, 4) is 22.8 Å². The molecule has 12 heteroatoms. The quantitative estimate of drug-likeness (QED) is 0.463. The van der Waals surface area contributed by atoms with Crippen molar-refractivity contribution >= 4 is 11.8 Å². The molecule has 1 aliphatic heterocycles. The van der Waals surface area contributed by atoms with Crippen LogP contribution in [0.5, 0.6) is 11.6 Å². The number of pyridine rings is 2. The minimum Gasteiger partial charge on any atom is -0.491 e. The number of hydrogen-bond acceptors (Lipinski definition) is 6. The fraction of sp³-hybridized carbons (Fsp3) is 0.280. The molecule has 0 fully saturated rings. The molecular weight excluding hydrogens is 496 g/mol. The van der Waals surface area contributed by atoms with E-state index in [-0.39, 0.29) is 23.7 Å². The number of rotatable bonds is 7. The van der Waals surface area contributed by atoms with E-state index in [1.54, 1.807) is 18.2 Å². The Bertz CT molecular complexity index is 1300. The van der Waals surface area contributed by atoms with Gasteiger partial charge in [-0.1, -0.05) is 12.1 Å². The molecule has 194 valence electrons. The van der Waals surface area contributed by atoms with Gasteiger partial charge in [0, 0.05) is 36.5 Å². The SMILES string of the molecule is COc1ncc(-c2cccc3c2C[C@H](NC(=O)c2ccc(C(=O)NCCC(F)(F)F)nc2)CO3)cc1F. The number of nitrogens with one attached hydrogen (secondary N) is 2. The smallest absolute Gasteiger partial charge is 0.390 e. The topological polar surface area (TPSA) is 102 Å². The summed E-state index contributed by atoms with van der Waals surface area (Å²) in [6, 6.07) is 8.88. The predicted molar refractivity (Wildman–Crippen MR) is 124 cm³/mol. The van der Waals surface area contributed by atoms with Crippen LogP contribution in [0.3, 0.4) is 0 Å².